The van der Waals surface area contributed by atoms with Gasteiger partial charge in [-0.15, -0.1) is 0 Å². The molecule has 1 aromatic heterocycles. The zero-order valence-corrected chi connectivity index (χ0v) is 19.6. The Morgan fingerprint density at radius 3 is 2.73 bits per heavy atom. The monoisotopic (exact) mass is 486 g/mol. The molecule has 0 aliphatic carbocycles. The summed E-state index contributed by atoms with van der Waals surface area (Å²) < 4.78 is 5.95. The van der Waals surface area contributed by atoms with Crippen LogP contribution in [0.25, 0.3) is 22.0 Å². The highest BCUT2D eigenvalue weighted by Gasteiger charge is 2.29. The molecule has 1 fully saturated rings. The molecular formula is C25H24Cl2N2O4. The Hall–Kier alpha value is -2.83. The Bertz CT molecular complexity index is 1200. The summed E-state index contributed by atoms with van der Waals surface area (Å²) in [6.07, 6.45) is 0.966. The van der Waals surface area contributed by atoms with Crippen molar-refractivity contribution in [3.63, 3.8) is 0 Å². The van der Waals surface area contributed by atoms with Gasteiger partial charge < -0.3 is 14.7 Å². The minimum atomic E-state index is -0.836. The highest BCUT2D eigenvalue weighted by Crippen LogP contribution is 2.35. The van der Waals surface area contributed by atoms with E-state index in [-0.39, 0.29) is 18.2 Å². The van der Waals surface area contributed by atoms with Gasteiger partial charge in [0, 0.05) is 41.5 Å². The van der Waals surface area contributed by atoms with Crippen LogP contribution in [-0.2, 0) is 9.59 Å². The number of fused-ring (bicyclic) bond motifs is 1. The van der Waals surface area contributed by atoms with Crippen LogP contribution >= 0.6 is 23.2 Å². The van der Waals surface area contributed by atoms with Gasteiger partial charge in [-0.1, -0.05) is 41.4 Å². The standard InChI is InChI=1S/C25H24Cl2N2O4/c1-15(25(32)29-10-4-5-16(14-29)11-24(30)31)33-17-8-9-19-20(13-23(27)28-22(19)12-17)18-6-2-3-7-21(18)26/h2-3,6-9,12-13,15-16H,4-5,10-11,14H2,1H3,(H,30,31)/t15?,16-/m1/s1. The number of aromatic nitrogens is 1. The molecule has 0 bridgehead atoms. The third-order valence-corrected chi connectivity index (χ3v) is 6.39. The molecule has 33 heavy (non-hydrogen) atoms. The number of carbonyl (C=O) groups is 2. The van der Waals surface area contributed by atoms with E-state index in [1.54, 1.807) is 30.0 Å². The second-order valence-corrected chi connectivity index (χ2v) is 9.10. The lowest BCUT2D eigenvalue weighted by Crippen LogP contribution is -2.46. The molecule has 2 aromatic carbocycles. The number of rotatable bonds is 6. The van der Waals surface area contributed by atoms with Crippen molar-refractivity contribution in [1.82, 2.24) is 9.88 Å². The van der Waals surface area contributed by atoms with Crippen molar-refractivity contribution in [2.24, 2.45) is 5.92 Å². The van der Waals surface area contributed by atoms with Crippen LogP contribution < -0.4 is 4.74 Å². The van der Waals surface area contributed by atoms with Gasteiger partial charge in [0.15, 0.2) is 6.10 Å². The van der Waals surface area contributed by atoms with Crippen LogP contribution in [0.15, 0.2) is 48.5 Å². The Morgan fingerprint density at radius 1 is 1.18 bits per heavy atom. The molecule has 172 valence electrons. The molecule has 0 spiro atoms. The van der Waals surface area contributed by atoms with Crippen molar-refractivity contribution in [3.8, 4) is 16.9 Å². The van der Waals surface area contributed by atoms with E-state index in [1.165, 1.54) is 0 Å². The van der Waals surface area contributed by atoms with E-state index in [4.69, 9.17) is 33.0 Å². The van der Waals surface area contributed by atoms with Gasteiger partial charge in [0.05, 0.1) is 5.52 Å². The maximum atomic E-state index is 12.9. The molecule has 2 heterocycles. The zero-order chi connectivity index (χ0) is 23.5. The number of halogens is 2. The molecule has 8 heteroatoms. The summed E-state index contributed by atoms with van der Waals surface area (Å²) >= 11 is 12.7. The number of carboxylic acids is 1. The molecule has 1 saturated heterocycles. The SMILES string of the molecule is CC(Oc1ccc2c(-c3ccccc3Cl)cc(Cl)nc2c1)C(=O)N1CCC[C@H](CC(=O)O)C1. The number of amides is 1. The lowest BCUT2D eigenvalue weighted by atomic mass is 9.94. The molecule has 4 rings (SSSR count). The molecule has 1 aliphatic heterocycles. The van der Waals surface area contributed by atoms with Crippen LogP contribution in [-0.4, -0.2) is 46.1 Å². The number of ether oxygens (including phenoxy) is 1. The fourth-order valence-corrected chi connectivity index (χ4v) is 4.78. The number of piperidine rings is 1. The fourth-order valence-electron chi connectivity index (χ4n) is 4.34. The Kier molecular flexibility index (Phi) is 7.05. The zero-order valence-electron chi connectivity index (χ0n) is 18.1. The van der Waals surface area contributed by atoms with Crippen molar-refractivity contribution < 1.29 is 19.4 Å². The summed E-state index contributed by atoms with van der Waals surface area (Å²) in [4.78, 5) is 30.1. The van der Waals surface area contributed by atoms with Crippen molar-refractivity contribution in [2.45, 2.75) is 32.3 Å². The van der Waals surface area contributed by atoms with Crippen molar-refractivity contribution in [1.29, 1.82) is 0 Å². The van der Waals surface area contributed by atoms with Crippen LogP contribution in [0.4, 0.5) is 0 Å². The molecule has 1 aliphatic rings. The number of likely N-dealkylation sites (tertiary alicyclic amines) is 1. The van der Waals surface area contributed by atoms with Crippen molar-refractivity contribution >= 4 is 46.0 Å². The number of pyridine rings is 1. The van der Waals surface area contributed by atoms with Gasteiger partial charge in [-0.25, -0.2) is 4.98 Å². The van der Waals surface area contributed by atoms with E-state index in [0.717, 1.165) is 29.4 Å². The Labute approximate surface area is 202 Å². The number of carbonyl (C=O) groups excluding carboxylic acids is 1. The number of aliphatic carboxylic acids is 1. The first-order valence-corrected chi connectivity index (χ1v) is 11.6. The van der Waals surface area contributed by atoms with Gasteiger partial charge in [0.1, 0.15) is 10.9 Å². The second-order valence-electron chi connectivity index (χ2n) is 8.30. The number of nitrogens with zero attached hydrogens (tertiary/aromatic N) is 2. The summed E-state index contributed by atoms with van der Waals surface area (Å²) in [5, 5.41) is 10.9. The maximum absolute atomic E-state index is 12.9. The van der Waals surface area contributed by atoms with Crippen LogP contribution in [0.2, 0.25) is 10.2 Å². The lowest BCUT2D eigenvalue weighted by molar-refractivity contribution is -0.143. The smallest absolute Gasteiger partial charge is 0.303 e. The van der Waals surface area contributed by atoms with E-state index >= 15 is 0 Å². The molecule has 2 atom stereocenters. The average molecular weight is 487 g/mol. The Morgan fingerprint density at radius 2 is 1.97 bits per heavy atom. The predicted molar refractivity (Wildman–Crippen MR) is 129 cm³/mol. The number of carboxylic acid groups (broad SMARTS) is 1. The first kappa shape index (κ1) is 23.3. The second kappa shape index (κ2) is 9.98. The molecule has 1 N–H and O–H groups in total. The summed E-state index contributed by atoms with van der Waals surface area (Å²) in [6, 6.07) is 14.7. The summed E-state index contributed by atoms with van der Waals surface area (Å²) in [5.41, 5.74) is 2.35. The molecule has 1 amide bonds. The van der Waals surface area contributed by atoms with Gasteiger partial charge in [0.2, 0.25) is 0 Å². The first-order valence-electron chi connectivity index (χ1n) is 10.8. The molecule has 6 nitrogen and oxygen atoms in total. The van der Waals surface area contributed by atoms with Crippen LogP contribution in [0, 0.1) is 5.92 Å². The van der Waals surface area contributed by atoms with Gasteiger partial charge in [-0.05, 0) is 55.5 Å². The van der Waals surface area contributed by atoms with E-state index in [9.17, 15) is 9.59 Å². The average Bonchev–Trinajstić information content (AvgIpc) is 2.78. The van der Waals surface area contributed by atoms with Gasteiger partial charge >= 0.3 is 5.97 Å². The predicted octanol–water partition coefficient (Wildman–Crippen LogP) is 5.69. The van der Waals surface area contributed by atoms with Gasteiger partial charge in [-0.3, -0.25) is 9.59 Å². The lowest BCUT2D eigenvalue weighted by Gasteiger charge is -2.33. The largest absolute Gasteiger partial charge is 0.481 e. The maximum Gasteiger partial charge on any atom is 0.303 e. The molecular weight excluding hydrogens is 463 g/mol. The first-order chi connectivity index (χ1) is 15.8. The molecule has 3 aromatic rings. The summed E-state index contributed by atoms with van der Waals surface area (Å²) in [6.45, 7) is 2.75. The topological polar surface area (TPSA) is 79.7 Å². The van der Waals surface area contributed by atoms with Gasteiger partial charge in [-0.2, -0.15) is 0 Å². The van der Waals surface area contributed by atoms with Gasteiger partial charge in [0.25, 0.3) is 5.91 Å². The van der Waals surface area contributed by atoms with E-state index in [0.29, 0.717) is 34.5 Å². The minimum Gasteiger partial charge on any atom is -0.481 e. The highest BCUT2D eigenvalue weighted by atomic mass is 35.5. The van der Waals surface area contributed by atoms with Crippen LogP contribution in [0.5, 0.6) is 5.75 Å². The minimum absolute atomic E-state index is 0.0253. The third-order valence-electron chi connectivity index (χ3n) is 5.87. The van der Waals surface area contributed by atoms with E-state index in [2.05, 4.69) is 4.98 Å². The van der Waals surface area contributed by atoms with Crippen LogP contribution in [0.3, 0.4) is 0 Å². The van der Waals surface area contributed by atoms with E-state index < -0.39 is 12.1 Å². The molecule has 0 radical (unpaired) electrons. The quantitative estimate of drug-likeness (QED) is 0.452. The Balaban J connectivity index is 1.54. The summed E-state index contributed by atoms with van der Waals surface area (Å²) in [7, 11) is 0. The number of benzene rings is 2. The number of hydrogen-bond donors (Lipinski definition) is 1. The highest BCUT2D eigenvalue weighted by molar-refractivity contribution is 6.34. The van der Waals surface area contributed by atoms with Crippen molar-refractivity contribution in [2.75, 3.05) is 13.1 Å². The third kappa shape index (κ3) is 5.40. The van der Waals surface area contributed by atoms with Crippen molar-refractivity contribution in [3.05, 3.63) is 58.7 Å². The molecule has 1 unspecified atom stereocenters. The van der Waals surface area contributed by atoms with Crippen LogP contribution in [0.1, 0.15) is 26.2 Å². The van der Waals surface area contributed by atoms with E-state index in [1.807, 2.05) is 30.3 Å². The number of hydrogen-bond acceptors (Lipinski definition) is 4. The fraction of sp³-hybridized carbons (Fsp3) is 0.320. The molecule has 0 saturated carbocycles. The summed E-state index contributed by atoms with van der Waals surface area (Å²) in [5.74, 6) is -0.511. The normalized spacial score (nSPS) is 17.1.